The Balaban J connectivity index is 1.46. The van der Waals surface area contributed by atoms with Crippen molar-refractivity contribution in [1.82, 2.24) is 0 Å². The summed E-state index contributed by atoms with van der Waals surface area (Å²) in [4.78, 5) is 12.9. The molecule has 1 heterocycles. The summed E-state index contributed by atoms with van der Waals surface area (Å²) in [5.74, 6) is 2.33. The summed E-state index contributed by atoms with van der Waals surface area (Å²) in [7, 11) is 0. The number of hydrogen-bond acceptors (Lipinski definition) is 3. The van der Waals surface area contributed by atoms with Gasteiger partial charge < -0.3 is 9.84 Å². The predicted octanol–water partition coefficient (Wildman–Crippen LogP) is 6.50. The molecule has 3 heteroatoms. The van der Waals surface area contributed by atoms with E-state index in [0.717, 1.165) is 32.3 Å². The molecule has 33 heavy (non-hydrogen) atoms. The van der Waals surface area contributed by atoms with E-state index in [-0.39, 0.29) is 39.8 Å². The van der Waals surface area contributed by atoms with Crippen molar-refractivity contribution in [2.24, 2.45) is 45.3 Å². The van der Waals surface area contributed by atoms with Gasteiger partial charge in [0.05, 0.1) is 18.8 Å². The van der Waals surface area contributed by atoms with E-state index >= 15 is 0 Å². The van der Waals surface area contributed by atoms with Crippen molar-refractivity contribution in [3.63, 3.8) is 0 Å². The maximum absolute atomic E-state index is 12.9. The monoisotopic (exact) mass is 454 g/mol. The lowest BCUT2D eigenvalue weighted by atomic mass is 9.37. The van der Waals surface area contributed by atoms with Crippen molar-refractivity contribution in [3.8, 4) is 0 Å². The summed E-state index contributed by atoms with van der Waals surface area (Å²) < 4.78 is 6.21. The fourth-order valence-electron chi connectivity index (χ4n) is 9.96. The standard InChI is InChI=1S/C30H46O3/c1-18(2)14-20-15-19(17-33-20)21-8-9-22-28(21,5)12-10-23-29(6)13-11-25(31)27(3,4)24(29)16-26(32)30(22,23)7/h9,14,19-21,23-24,26,32H,8,10-13,15-17H2,1-7H3. The van der Waals surface area contributed by atoms with Gasteiger partial charge in [0.15, 0.2) is 0 Å². The first-order valence-electron chi connectivity index (χ1n) is 13.5. The van der Waals surface area contributed by atoms with Crippen LogP contribution in [0.1, 0.15) is 93.4 Å². The molecule has 1 saturated heterocycles. The lowest BCUT2D eigenvalue weighted by molar-refractivity contribution is -0.191. The van der Waals surface area contributed by atoms with E-state index in [1.54, 1.807) is 5.57 Å². The fourth-order valence-corrected chi connectivity index (χ4v) is 9.96. The molecular formula is C30H46O3. The van der Waals surface area contributed by atoms with Gasteiger partial charge in [0, 0.05) is 17.3 Å². The number of allylic oxidation sites excluding steroid dienone is 2. The Morgan fingerprint density at radius 2 is 1.82 bits per heavy atom. The Morgan fingerprint density at radius 3 is 2.52 bits per heavy atom. The second-order valence-corrected chi connectivity index (χ2v) is 13.8. The zero-order valence-corrected chi connectivity index (χ0v) is 22.0. The average Bonchev–Trinajstić information content (AvgIpc) is 3.31. The van der Waals surface area contributed by atoms with Crippen LogP contribution in [-0.4, -0.2) is 29.7 Å². The molecule has 3 nitrogen and oxygen atoms in total. The first kappa shape index (κ1) is 23.8. The van der Waals surface area contributed by atoms with Gasteiger partial charge >= 0.3 is 0 Å². The second-order valence-electron chi connectivity index (χ2n) is 13.8. The minimum Gasteiger partial charge on any atom is -0.392 e. The lowest BCUT2D eigenvalue weighted by Crippen LogP contribution is -2.64. The maximum atomic E-state index is 12.9. The molecular weight excluding hydrogens is 408 g/mol. The molecule has 1 aliphatic heterocycles. The smallest absolute Gasteiger partial charge is 0.138 e. The Kier molecular flexibility index (Phi) is 5.43. The van der Waals surface area contributed by atoms with Gasteiger partial charge in [-0.3, -0.25) is 4.79 Å². The number of fused-ring (bicyclic) bond motifs is 5. The molecule has 5 aliphatic rings. The SMILES string of the molecule is CC(C)=CC1CC(C2CC=C3C2(C)CCC2C4(C)CCC(=O)C(C)(C)C4CC(O)C32C)CO1. The summed E-state index contributed by atoms with van der Waals surface area (Å²) >= 11 is 0. The first-order valence-corrected chi connectivity index (χ1v) is 13.5. The van der Waals surface area contributed by atoms with E-state index in [1.807, 2.05) is 0 Å². The van der Waals surface area contributed by atoms with Crippen LogP contribution in [0.3, 0.4) is 0 Å². The predicted molar refractivity (Wildman–Crippen MR) is 133 cm³/mol. The molecule has 0 bridgehead atoms. The van der Waals surface area contributed by atoms with Crippen LogP contribution in [0, 0.1) is 45.3 Å². The van der Waals surface area contributed by atoms with E-state index in [9.17, 15) is 9.90 Å². The van der Waals surface area contributed by atoms with Crippen LogP contribution in [0.25, 0.3) is 0 Å². The van der Waals surface area contributed by atoms with Gasteiger partial charge in [-0.1, -0.05) is 57.9 Å². The van der Waals surface area contributed by atoms with Gasteiger partial charge in [-0.25, -0.2) is 0 Å². The van der Waals surface area contributed by atoms with Gasteiger partial charge in [0.1, 0.15) is 5.78 Å². The molecule has 0 aromatic rings. The number of aliphatic hydroxyl groups is 1. The molecule has 4 fully saturated rings. The zero-order chi connectivity index (χ0) is 24.0. The highest BCUT2D eigenvalue weighted by atomic mass is 16.5. The van der Waals surface area contributed by atoms with Crippen molar-refractivity contribution < 1.29 is 14.6 Å². The third-order valence-electron chi connectivity index (χ3n) is 11.6. The number of carbonyl (C=O) groups is 1. The highest BCUT2D eigenvalue weighted by Gasteiger charge is 2.68. The van der Waals surface area contributed by atoms with Crippen LogP contribution in [0.15, 0.2) is 23.3 Å². The molecule has 0 aromatic carbocycles. The third-order valence-corrected chi connectivity index (χ3v) is 11.6. The number of ketones is 1. The summed E-state index contributed by atoms with van der Waals surface area (Å²) in [6.07, 6.45) is 11.8. The number of carbonyl (C=O) groups excluding carboxylic acids is 1. The normalized spacial score (nSPS) is 50.8. The summed E-state index contributed by atoms with van der Waals surface area (Å²) in [6, 6.07) is 0. The van der Waals surface area contributed by atoms with Crippen LogP contribution >= 0.6 is 0 Å². The molecule has 0 amide bonds. The third kappa shape index (κ3) is 3.17. The van der Waals surface area contributed by atoms with Gasteiger partial charge in [-0.05, 0) is 86.9 Å². The minimum atomic E-state index is -0.367. The fraction of sp³-hybridized carbons (Fsp3) is 0.833. The average molecular weight is 455 g/mol. The topological polar surface area (TPSA) is 46.5 Å². The largest absolute Gasteiger partial charge is 0.392 e. The van der Waals surface area contributed by atoms with Gasteiger partial charge in [-0.15, -0.1) is 0 Å². The van der Waals surface area contributed by atoms with Crippen molar-refractivity contribution in [3.05, 3.63) is 23.3 Å². The number of ether oxygens (including phenoxy) is 1. The number of rotatable bonds is 2. The Labute approximate surface area is 201 Å². The van der Waals surface area contributed by atoms with Crippen molar-refractivity contribution in [1.29, 1.82) is 0 Å². The van der Waals surface area contributed by atoms with Crippen LogP contribution < -0.4 is 0 Å². The lowest BCUT2D eigenvalue weighted by Gasteiger charge is -2.67. The van der Waals surface area contributed by atoms with Gasteiger partial charge in [0.25, 0.3) is 0 Å². The van der Waals surface area contributed by atoms with Crippen LogP contribution in [0.5, 0.6) is 0 Å². The molecule has 9 atom stereocenters. The molecule has 184 valence electrons. The van der Waals surface area contributed by atoms with E-state index < -0.39 is 0 Å². The van der Waals surface area contributed by atoms with E-state index in [4.69, 9.17) is 4.74 Å². The van der Waals surface area contributed by atoms with E-state index in [2.05, 4.69) is 60.6 Å². The Morgan fingerprint density at radius 1 is 1.09 bits per heavy atom. The molecule has 1 N–H and O–H groups in total. The van der Waals surface area contributed by atoms with Crippen LogP contribution in [-0.2, 0) is 9.53 Å². The number of aliphatic hydroxyl groups excluding tert-OH is 1. The van der Waals surface area contributed by atoms with Gasteiger partial charge in [0.2, 0.25) is 0 Å². The van der Waals surface area contributed by atoms with E-state index in [1.165, 1.54) is 18.4 Å². The molecule has 0 aromatic heterocycles. The summed E-state index contributed by atoms with van der Waals surface area (Å²) in [6.45, 7) is 16.8. The number of Topliss-reactive ketones (excluding diaryl/α,β-unsaturated/α-hetero) is 1. The van der Waals surface area contributed by atoms with Crippen molar-refractivity contribution in [2.75, 3.05) is 6.61 Å². The highest BCUT2D eigenvalue weighted by Crippen LogP contribution is 2.73. The van der Waals surface area contributed by atoms with Gasteiger partial charge in [-0.2, -0.15) is 0 Å². The van der Waals surface area contributed by atoms with Crippen LogP contribution in [0.2, 0.25) is 0 Å². The molecule has 3 saturated carbocycles. The molecule has 9 unspecified atom stereocenters. The summed E-state index contributed by atoms with van der Waals surface area (Å²) in [5.41, 5.74) is 2.65. The highest BCUT2D eigenvalue weighted by molar-refractivity contribution is 5.85. The Hall–Kier alpha value is -0.930. The molecule has 0 radical (unpaired) electrons. The first-order chi connectivity index (χ1) is 15.3. The maximum Gasteiger partial charge on any atom is 0.138 e. The van der Waals surface area contributed by atoms with Crippen molar-refractivity contribution in [2.45, 2.75) is 106 Å². The molecule has 0 spiro atoms. The molecule has 5 rings (SSSR count). The second kappa shape index (κ2) is 7.53. The Bertz CT molecular complexity index is 894. The summed E-state index contributed by atoms with van der Waals surface area (Å²) in [5, 5.41) is 11.8. The van der Waals surface area contributed by atoms with E-state index in [0.29, 0.717) is 30.0 Å². The molecule has 4 aliphatic carbocycles. The van der Waals surface area contributed by atoms with Crippen LogP contribution in [0.4, 0.5) is 0 Å². The zero-order valence-electron chi connectivity index (χ0n) is 22.0. The minimum absolute atomic E-state index is 0.122. The number of hydrogen-bond donors (Lipinski definition) is 1. The quantitative estimate of drug-likeness (QED) is 0.484. The van der Waals surface area contributed by atoms with Crippen molar-refractivity contribution >= 4 is 5.78 Å².